The Labute approximate surface area is 133 Å². The second-order valence-corrected chi connectivity index (χ2v) is 6.75. The SMILES string of the molecule is O=C(O)CC1(CNC(=O)CCc2cccc(Br)c2)CCC1. The number of carbonyl (C=O) groups is 2. The molecule has 5 heteroatoms. The average molecular weight is 354 g/mol. The van der Waals surface area contributed by atoms with Crippen molar-refractivity contribution < 1.29 is 14.7 Å². The van der Waals surface area contributed by atoms with E-state index < -0.39 is 5.97 Å². The molecule has 114 valence electrons. The van der Waals surface area contributed by atoms with Gasteiger partial charge in [-0.2, -0.15) is 0 Å². The number of carboxylic acid groups (broad SMARTS) is 1. The minimum Gasteiger partial charge on any atom is -0.481 e. The Hall–Kier alpha value is -1.36. The van der Waals surface area contributed by atoms with Gasteiger partial charge in [-0.05, 0) is 42.4 Å². The van der Waals surface area contributed by atoms with E-state index in [1.54, 1.807) is 0 Å². The first-order valence-corrected chi connectivity index (χ1v) is 8.01. The van der Waals surface area contributed by atoms with Gasteiger partial charge in [-0.15, -0.1) is 0 Å². The Balaban J connectivity index is 1.76. The molecule has 0 radical (unpaired) electrons. The quantitative estimate of drug-likeness (QED) is 0.791. The van der Waals surface area contributed by atoms with E-state index in [1.165, 1.54) is 0 Å². The van der Waals surface area contributed by atoms with Gasteiger partial charge in [-0.25, -0.2) is 0 Å². The number of halogens is 1. The second-order valence-electron chi connectivity index (χ2n) is 5.83. The molecule has 4 nitrogen and oxygen atoms in total. The minimum absolute atomic E-state index is 0.00774. The van der Waals surface area contributed by atoms with E-state index in [1.807, 2.05) is 24.3 Å². The molecule has 2 rings (SSSR count). The molecule has 21 heavy (non-hydrogen) atoms. The normalized spacial score (nSPS) is 16.0. The summed E-state index contributed by atoms with van der Waals surface area (Å²) in [4.78, 5) is 22.8. The molecule has 2 N–H and O–H groups in total. The summed E-state index contributed by atoms with van der Waals surface area (Å²) in [7, 11) is 0. The van der Waals surface area contributed by atoms with E-state index in [4.69, 9.17) is 5.11 Å². The fraction of sp³-hybridized carbons (Fsp3) is 0.500. The zero-order valence-corrected chi connectivity index (χ0v) is 13.5. The third kappa shape index (κ3) is 4.84. The fourth-order valence-corrected chi connectivity index (χ4v) is 3.19. The molecule has 0 saturated heterocycles. The molecule has 1 aromatic rings. The van der Waals surface area contributed by atoms with Crippen LogP contribution in [-0.2, 0) is 16.0 Å². The first kappa shape index (κ1) is 16.0. The first-order valence-electron chi connectivity index (χ1n) is 7.22. The van der Waals surface area contributed by atoms with Gasteiger partial charge in [-0.1, -0.05) is 34.5 Å². The number of nitrogens with one attached hydrogen (secondary N) is 1. The van der Waals surface area contributed by atoms with Crippen LogP contribution >= 0.6 is 15.9 Å². The Morgan fingerprint density at radius 2 is 2.10 bits per heavy atom. The lowest BCUT2D eigenvalue weighted by Gasteiger charge is -2.40. The number of hydrogen-bond donors (Lipinski definition) is 2. The number of rotatable bonds is 7. The van der Waals surface area contributed by atoms with E-state index in [9.17, 15) is 9.59 Å². The number of carboxylic acids is 1. The van der Waals surface area contributed by atoms with Crippen LogP contribution in [0.4, 0.5) is 0 Å². The van der Waals surface area contributed by atoms with E-state index in [2.05, 4.69) is 21.2 Å². The summed E-state index contributed by atoms with van der Waals surface area (Å²) in [5.74, 6) is -0.787. The zero-order valence-electron chi connectivity index (χ0n) is 11.9. The summed E-state index contributed by atoms with van der Waals surface area (Å²) >= 11 is 3.41. The molecule has 1 saturated carbocycles. The van der Waals surface area contributed by atoms with Gasteiger partial charge in [0.05, 0.1) is 6.42 Å². The molecule has 1 amide bonds. The van der Waals surface area contributed by atoms with Gasteiger partial charge in [0.2, 0.25) is 5.91 Å². The summed E-state index contributed by atoms with van der Waals surface area (Å²) in [6, 6.07) is 7.91. The van der Waals surface area contributed by atoms with Crippen molar-refractivity contribution in [3.63, 3.8) is 0 Å². The molecular weight excluding hydrogens is 334 g/mol. The third-order valence-electron chi connectivity index (χ3n) is 4.13. The van der Waals surface area contributed by atoms with Crippen molar-refractivity contribution in [1.82, 2.24) is 5.32 Å². The molecule has 0 bridgehead atoms. The van der Waals surface area contributed by atoms with Gasteiger partial charge >= 0.3 is 5.97 Å². The molecule has 0 aromatic heterocycles. The fourth-order valence-electron chi connectivity index (χ4n) is 2.74. The molecule has 0 unspecified atom stereocenters. The van der Waals surface area contributed by atoms with Crippen molar-refractivity contribution in [2.24, 2.45) is 5.41 Å². The number of amides is 1. The Kier molecular flexibility index (Phi) is 5.39. The Bertz CT molecular complexity index is 526. The topological polar surface area (TPSA) is 66.4 Å². The summed E-state index contributed by atoms with van der Waals surface area (Å²) in [6.45, 7) is 0.483. The largest absolute Gasteiger partial charge is 0.481 e. The standard InChI is InChI=1S/C16H20BrNO3/c17-13-4-1-3-12(9-13)5-6-14(19)18-11-16(7-2-8-16)10-15(20)21/h1,3-4,9H,2,5-8,10-11H2,(H,18,19)(H,20,21). The van der Waals surface area contributed by atoms with Gasteiger partial charge < -0.3 is 10.4 Å². The molecule has 1 aliphatic carbocycles. The number of aliphatic carboxylic acids is 1. The maximum Gasteiger partial charge on any atom is 0.303 e. The van der Waals surface area contributed by atoms with Crippen molar-refractivity contribution in [2.45, 2.75) is 38.5 Å². The van der Waals surface area contributed by atoms with Crippen LogP contribution in [0.25, 0.3) is 0 Å². The van der Waals surface area contributed by atoms with E-state index in [0.29, 0.717) is 19.4 Å². The molecule has 1 aliphatic rings. The number of hydrogen-bond acceptors (Lipinski definition) is 2. The van der Waals surface area contributed by atoms with Crippen LogP contribution < -0.4 is 5.32 Å². The maximum atomic E-state index is 11.9. The van der Waals surface area contributed by atoms with Crippen molar-refractivity contribution >= 4 is 27.8 Å². The second kappa shape index (κ2) is 7.07. The minimum atomic E-state index is -0.780. The van der Waals surface area contributed by atoms with Crippen LogP contribution in [0.2, 0.25) is 0 Å². The highest BCUT2D eigenvalue weighted by atomic mass is 79.9. The van der Waals surface area contributed by atoms with Gasteiger partial charge in [0, 0.05) is 17.4 Å². The monoisotopic (exact) mass is 353 g/mol. The lowest BCUT2D eigenvalue weighted by molar-refractivity contribution is -0.141. The van der Waals surface area contributed by atoms with E-state index in [0.717, 1.165) is 29.3 Å². The molecule has 0 aliphatic heterocycles. The van der Waals surface area contributed by atoms with Crippen molar-refractivity contribution in [2.75, 3.05) is 6.54 Å². The third-order valence-corrected chi connectivity index (χ3v) is 4.62. The van der Waals surface area contributed by atoms with E-state index in [-0.39, 0.29) is 17.7 Å². The molecule has 0 heterocycles. The smallest absolute Gasteiger partial charge is 0.303 e. The van der Waals surface area contributed by atoms with Gasteiger partial charge in [0.25, 0.3) is 0 Å². The lowest BCUT2D eigenvalue weighted by atomic mass is 9.66. The van der Waals surface area contributed by atoms with Crippen LogP contribution in [0.5, 0.6) is 0 Å². The van der Waals surface area contributed by atoms with Crippen molar-refractivity contribution in [3.05, 3.63) is 34.3 Å². The summed E-state index contributed by atoms with van der Waals surface area (Å²) in [5.41, 5.74) is 0.903. The number of aryl methyl sites for hydroxylation is 1. The van der Waals surface area contributed by atoms with Crippen LogP contribution in [0.3, 0.4) is 0 Å². The zero-order chi connectivity index (χ0) is 15.3. The van der Waals surface area contributed by atoms with Gasteiger partial charge in [0.15, 0.2) is 0 Å². The maximum absolute atomic E-state index is 11.9. The lowest BCUT2D eigenvalue weighted by Crippen LogP contribution is -2.43. The van der Waals surface area contributed by atoms with Gasteiger partial charge in [-0.3, -0.25) is 9.59 Å². The van der Waals surface area contributed by atoms with Crippen LogP contribution in [-0.4, -0.2) is 23.5 Å². The van der Waals surface area contributed by atoms with Gasteiger partial charge in [0.1, 0.15) is 0 Å². The van der Waals surface area contributed by atoms with Crippen LogP contribution in [0.1, 0.15) is 37.7 Å². The summed E-state index contributed by atoms with van der Waals surface area (Å²) in [5, 5.41) is 11.8. The number of benzene rings is 1. The molecule has 1 fully saturated rings. The van der Waals surface area contributed by atoms with Crippen LogP contribution in [0, 0.1) is 5.41 Å². The van der Waals surface area contributed by atoms with E-state index >= 15 is 0 Å². The Morgan fingerprint density at radius 1 is 1.33 bits per heavy atom. The summed E-state index contributed by atoms with van der Waals surface area (Å²) < 4.78 is 1.01. The molecular formula is C16H20BrNO3. The Morgan fingerprint density at radius 3 is 2.67 bits per heavy atom. The predicted molar refractivity (Wildman–Crippen MR) is 84.0 cm³/mol. The molecule has 0 spiro atoms. The number of carbonyl (C=O) groups excluding carboxylic acids is 1. The highest BCUT2D eigenvalue weighted by molar-refractivity contribution is 9.10. The predicted octanol–water partition coefficient (Wildman–Crippen LogP) is 3.14. The van der Waals surface area contributed by atoms with Crippen LogP contribution in [0.15, 0.2) is 28.7 Å². The molecule has 0 atom stereocenters. The highest BCUT2D eigenvalue weighted by Gasteiger charge is 2.39. The van der Waals surface area contributed by atoms with Crippen molar-refractivity contribution in [1.29, 1.82) is 0 Å². The van der Waals surface area contributed by atoms with Crippen molar-refractivity contribution in [3.8, 4) is 0 Å². The first-order chi connectivity index (χ1) is 9.99. The average Bonchev–Trinajstić information content (AvgIpc) is 2.39. The molecule has 1 aromatic carbocycles. The summed E-state index contributed by atoms with van der Waals surface area (Å²) in [6.07, 6.45) is 4.12. The highest BCUT2D eigenvalue weighted by Crippen LogP contribution is 2.43.